The van der Waals surface area contributed by atoms with Crippen LogP contribution >= 0.6 is 0 Å². The monoisotopic (exact) mass is 249 g/mol. The summed E-state index contributed by atoms with van der Waals surface area (Å²) in [6.07, 6.45) is 1.28. The Bertz CT molecular complexity index is 454. The molecule has 18 heavy (non-hydrogen) atoms. The van der Waals surface area contributed by atoms with Gasteiger partial charge in [0.2, 0.25) is 0 Å². The van der Waals surface area contributed by atoms with Crippen molar-refractivity contribution < 1.29 is 14.7 Å². The maximum absolute atomic E-state index is 11.4. The van der Waals surface area contributed by atoms with E-state index in [-0.39, 0.29) is 12.5 Å². The lowest BCUT2D eigenvalue weighted by Gasteiger charge is -2.07. The van der Waals surface area contributed by atoms with Gasteiger partial charge in [-0.3, -0.25) is 9.78 Å². The molecular weight excluding hydrogens is 234 g/mol. The molecule has 0 aliphatic rings. The van der Waals surface area contributed by atoms with E-state index >= 15 is 0 Å². The van der Waals surface area contributed by atoms with Crippen molar-refractivity contribution in [3.8, 4) is 0 Å². The number of rotatable bonds is 5. The van der Waals surface area contributed by atoms with Crippen molar-refractivity contribution in [2.45, 2.75) is 13.3 Å². The number of carboxylic acid groups (broad SMARTS) is 1. The van der Waals surface area contributed by atoms with E-state index in [2.05, 4.69) is 22.2 Å². The minimum atomic E-state index is -0.942. The lowest BCUT2D eigenvalue weighted by Crippen LogP contribution is -2.29. The molecule has 0 aliphatic heterocycles. The summed E-state index contributed by atoms with van der Waals surface area (Å²) in [4.78, 5) is 25.8. The van der Waals surface area contributed by atoms with Gasteiger partial charge >= 0.3 is 12.0 Å². The van der Waals surface area contributed by atoms with Crippen molar-refractivity contribution in [3.05, 3.63) is 36.2 Å². The third-order valence-corrected chi connectivity index (χ3v) is 1.97. The highest BCUT2D eigenvalue weighted by molar-refractivity contribution is 5.89. The molecule has 1 aromatic rings. The van der Waals surface area contributed by atoms with Crippen LogP contribution in [0.1, 0.15) is 12.6 Å². The molecule has 1 rings (SSSR count). The first-order chi connectivity index (χ1) is 8.47. The number of nitrogens with zero attached hydrogens (tertiary/aromatic N) is 1. The summed E-state index contributed by atoms with van der Waals surface area (Å²) in [5.74, 6) is -0.942. The molecule has 6 heteroatoms. The molecule has 0 bridgehead atoms. The normalized spacial score (nSPS) is 9.61. The summed E-state index contributed by atoms with van der Waals surface area (Å²) in [6, 6.07) is 2.81. The third kappa shape index (κ3) is 5.11. The minimum absolute atomic E-state index is 0.137. The average molecular weight is 249 g/mol. The van der Waals surface area contributed by atoms with Gasteiger partial charge in [-0.15, -0.1) is 0 Å². The van der Waals surface area contributed by atoms with Crippen molar-refractivity contribution in [2.75, 3.05) is 11.9 Å². The number of anilines is 1. The van der Waals surface area contributed by atoms with Crippen LogP contribution in [0.5, 0.6) is 0 Å². The standard InChI is InChI=1S/C12H15N3O3/c1-8(2)6-14-12(18)15-10-4-3-9(13-7-10)5-11(16)17/h3-4,7H,1,5-6H2,2H3,(H,16,17)(H2,14,15,18). The number of carbonyl (C=O) groups is 2. The Labute approximate surface area is 105 Å². The fourth-order valence-electron chi connectivity index (χ4n) is 1.16. The molecule has 0 saturated carbocycles. The van der Waals surface area contributed by atoms with Crippen LogP contribution in [0.4, 0.5) is 10.5 Å². The zero-order valence-corrected chi connectivity index (χ0v) is 10.1. The van der Waals surface area contributed by atoms with E-state index in [1.807, 2.05) is 6.92 Å². The number of hydrogen-bond acceptors (Lipinski definition) is 3. The summed E-state index contributed by atoms with van der Waals surface area (Å²) >= 11 is 0. The SMILES string of the molecule is C=C(C)CNC(=O)Nc1ccc(CC(=O)O)nc1. The molecule has 0 unspecified atom stereocenters. The van der Waals surface area contributed by atoms with E-state index in [0.29, 0.717) is 17.9 Å². The van der Waals surface area contributed by atoms with E-state index in [1.165, 1.54) is 6.20 Å². The van der Waals surface area contributed by atoms with Gasteiger partial charge in [-0.05, 0) is 19.1 Å². The number of aromatic nitrogens is 1. The summed E-state index contributed by atoms with van der Waals surface area (Å²) in [7, 11) is 0. The van der Waals surface area contributed by atoms with Crippen LogP contribution in [-0.2, 0) is 11.2 Å². The van der Waals surface area contributed by atoms with E-state index in [9.17, 15) is 9.59 Å². The maximum Gasteiger partial charge on any atom is 0.319 e. The zero-order chi connectivity index (χ0) is 13.5. The van der Waals surface area contributed by atoms with E-state index < -0.39 is 5.97 Å². The topological polar surface area (TPSA) is 91.3 Å². The smallest absolute Gasteiger partial charge is 0.319 e. The summed E-state index contributed by atoms with van der Waals surface area (Å²) in [6.45, 7) is 5.87. The number of pyridine rings is 1. The van der Waals surface area contributed by atoms with E-state index in [0.717, 1.165) is 5.57 Å². The van der Waals surface area contributed by atoms with Gasteiger partial charge in [0.05, 0.1) is 24.0 Å². The second kappa shape index (κ2) is 6.39. The quantitative estimate of drug-likeness (QED) is 0.688. The fourth-order valence-corrected chi connectivity index (χ4v) is 1.16. The molecule has 6 nitrogen and oxygen atoms in total. The lowest BCUT2D eigenvalue weighted by atomic mass is 10.2. The maximum atomic E-state index is 11.4. The second-order valence-corrected chi connectivity index (χ2v) is 3.87. The molecule has 1 heterocycles. The molecule has 0 fully saturated rings. The highest BCUT2D eigenvalue weighted by Crippen LogP contribution is 2.06. The largest absolute Gasteiger partial charge is 0.481 e. The predicted octanol–water partition coefficient (Wildman–Crippen LogP) is 1.41. The molecule has 0 radical (unpaired) electrons. The van der Waals surface area contributed by atoms with Gasteiger partial charge in [-0.2, -0.15) is 0 Å². The number of nitrogens with one attached hydrogen (secondary N) is 2. The summed E-state index contributed by atoms with van der Waals surface area (Å²) in [5.41, 5.74) is 1.79. The predicted molar refractivity (Wildman–Crippen MR) is 67.4 cm³/mol. The molecule has 2 amide bonds. The first kappa shape index (κ1) is 13.7. The van der Waals surface area contributed by atoms with Crippen LogP contribution in [0, 0.1) is 0 Å². The van der Waals surface area contributed by atoms with Gasteiger partial charge < -0.3 is 15.7 Å². The van der Waals surface area contributed by atoms with Crippen LogP contribution in [-0.4, -0.2) is 28.6 Å². The van der Waals surface area contributed by atoms with Gasteiger partial charge in [0.15, 0.2) is 0 Å². The molecule has 0 spiro atoms. The highest BCUT2D eigenvalue weighted by Gasteiger charge is 2.04. The molecule has 0 atom stereocenters. The van der Waals surface area contributed by atoms with Crippen LogP contribution < -0.4 is 10.6 Å². The fraction of sp³-hybridized carbons (Fsp3) is 0.250. The summed E-state index contributed by atoms with van der Waals surface area (Å²) in [5, 5.41) is 13.8. The van der Waals surface area contributed by atoms with E-state index in [4.69, 9.17) is 5.11 Å². The molecule has 96 valence electrons. The van der Waals surface area contributed by atoms with Gasteiger partial charge in [0, 0.05) is 6.54 Å². The van der Waals surface area contributed by atoms with Crippen molar-refractivity contribution in [1.29, 1.82) is 0 Å². The number of aliphatic carboxylic acids is 1. The van der Waals surface area contributed by atoms with Crippen molar-refractivity contribution in [2.24, 2.45) is 0 Å². The number of carbonyl (C=O) groups excluding carboxylic acids is 1. The Balaban J connectivity index is 2.50. The van der Waals surface area contributed by atoms with Gasteiger partial charge in [0.25, 0.3) is 0 Å². The van der Waals surface area contributed by atoms with E-state index in [1.54, 1.807) is 12.1 Å². The van der Waals surface area contributed by atoms with Crippen molar-refractivity contribution in [3.63, 3.8) is 0 Å². The molecular formula is C12H15N3O3. The Morgan fingerprint density at radius 2 is 2.17 bits per heavy atom. The summed E-state index contributed by atoms with van der Waals surface area (Å²) < 4.78 is 0. The molecule has 3 N–H and O–H groups in total. The van der Waals surface area contributed by atoms with Gasteiger partial charge in [0.1, 0.15) is 0 Å². The average Bonchev–Trinajstić information content (AvgIpc) is 2.28. The highest BCUT2D eigenvalue weighted by atomic mass is 16.4. The van der Waals surface area contributed by atoms with Crippen LogP contribution in [0.2, 0.25) is 0 Å². The Morgan fingerprint density at radius 3 is 2.67 bits per heavy atom. The number of amides is 2. The zero-order valence-electron chi connectivity index (χ0n) is 10.1. The van der Waals surface area contributed by atoms with Crippen LogP contribution in [0.25, 0.3) is 0 Å². The minimum Gasteiger partial charge on any atom is -0.481 e. The van der Waals surface area contributed by atoms with Crippen molar-refractivity contribution in [1.82, 2.24) is 10.3 Å². The number of hydrogen-bond donors (Lipinski definition) is 3. The second-order valence-electron chi connectivity index (χ2n) is 3.87. The lowest BCUT2D eigenvalue weighted by molar-refractivity contribution is -0.136. The van der Waals surface area contributed by atoms with Crippen LogP contribution in [0.15, 0.2) is 30.5 Å². The van der Waals surface area contributed by atoms with Crippen LogP contribution in [0.3, 0.4) is 0 Å². The Kier molecular flexibility index (Phi) is 4.86. The first-order valence-electron chi connectivity index (χ1n) is 5.33. The number of carboxylic acids is 1. The van der Waals surface area contributed by atoms with Gasteiger partial charge in [-0.1, -0.05) is 12.2 Å². The third-order valence-electron chi connectivity index (χ3n) is 1.97. The van der Waals surface area contributed by atoms with Gasteiger partial charge in [-0.25, -0.2) is 4.79 Å². The molecule has 0 saturated heterocycles. The molecule has 0 aliphatic carbocycles. The Morgan fingerprint density at radius 1 is 1.44 bits per heavy atom. The van der Waals surface area contributed by atoms with Crippen molar-refractivity contribution >= 4 is 17.7 Å². The Hall–Kier alpha value is -2.37. The molecule has 1 aromatic heterocycles. The first-order valence-corrected chi connectivity index (χ1v) is 5.33. The molecule has 0 aromatic carbocycles. The number of urea groups is 1.